The Morgan fingerprint density at radius 2 is 1.53 bits per heavy atom. The van der Waals surface area contributed by atoms with Crippen molar-refractivity contribution in [1.82, 2.24) is 15.3 Å². The fourth-order valence-corrected chi connectivity index (χ4v) is 5.00. The average Bonchev–Trinajstić information content (AvgIpc) is 2.12. The zero-order valence-electron chi connectivity index (χ0n) is 13.5. The van der Waals surface area contributed by atoms with Crippen molar-refractivity contribution in [3.8, 4) is 0 Å². The molecule has 0 radical (unpaired) electrons. The quantitative estimate of drug-likeness (QED) is 0.606. The Labute approximate surface area is 124 Å². The molecule has 0 bridgehead atoms. The number of hydrogen-bond donors (Lipinski definition) is 2. The van der Waals surface area contributed by atoms with Gasteiger partial charge >= 0.3 is 0 Å². The number of hydrazine groups is 1. The van der Waals surface area contributed by atoms with Crippen LogP contribution in [0.2, 0.25) is 0 Å². The third kappa shape index (κ3) is 5.56. The van der Waals surface area contributed by atoms with E-state index in [0.717, 1.165) is 13.1 Å². The predicted molar refractivity (Wildman–Crippen MR) is 91.6 cm³/mol. The van der Waals surface area contributed by atoms with Crippen LogP contribution in [0.5, 0.6) is 0 Å². The molecule has 1 aliphatic rings. The van der Waals surface area contributed by atoms with Gasteiger partial charge in [0.25, 0.3) is 0 Å². The maximum atomic E-state index is 3.47. The molecule has 5 heteroatoms. The Morgan fingerprint density at radius 3 is 2.05 bits per heavy atom. The van der Waals surface area contributed by atoms with E-state index in [2.05, 4.69) is 75.6 Å². The molecule has 2 N–H and O–H groups in total. The monoisotopic (exact) mass is 305 g/mol. The summed E-state index contributed by atoms with van der Waals surface area (Å²) in [6, 6.07) is 0.468. The van der Waals surface area contributed by atoms with Gasteiger partial charge in [-0.25, -0.2) is 5.20 Å². The predicted octanol–water partition coefficient (Wildman–Crippen LogP) is 3.20. The highest BCUT2D eigenvalue weighted by atomic mass is 31.0. The van der Waals surface area contributed by atoms with Crippen LogP contribution in [0.3, 0.4) is 0 Å². The highest BCUT2D eigenvalue weighted by Gasteiger charge is 2.40. The molecule has 3 atom stereocenters. The fraction of sp³-hybridized carbons (Fsp3) is 1.00. The summed E-state index contributed by atoms with van der Waals surface area (Å²) in [6.45, 7) is 16.5. The standard InChI is InChI=1S/C14H33N3P2/c1-12(2)7-11(15-16-18)14(5,6)8-13(3,4)10-17(19)9-12/h11,15-16H,7-10,18-19H2,1-6H3. The zero-order valence-corrected chi connectivity index (χ0v) is 15.8. The van der Waals surface area contributed by atoms with Gasteiger partial charge in [-0.05, 0) is 29.1 Å². The van der Waals surface area contributed by atoms with Crippen LogP contribution in [0.4, 0.5) is 0 Å². The van der Waals surface area contributed by atoms with Crippen molar-refractivity contribution in [2.75, 3.05) is 13.1 Å². The topological polar surface area (TPSA) is 27.3 Å². The molecule has 0 aromatic carbocycles. The molecule has 0 aliphatic carbocycles. The minimum absolute atomic E-state index is 0.264. The molecule has 1 heterocycles. The summed E-state index contributed by atoms with van der Waals surface area (Å²) >= 11 is 0. The van der Waals surface area contributed by atoms with Gasteiger partial charge in [0, 0.05) is 19.1 Å². The van der Waals surface area contributed by atoms with Crippen LogP contribution in [-0.4, -0.2) is 23.8 Å². The minimum Gasteiger partial charge on any atom is -0.286 e. The van der Waals surface area contributed by atoms with Crippen molar-refractivity contribution in [2.45, 2.75) is 60.4 Å². The van der Waals surface area contributed by atoms with E-state index in [1.165, 1.54) is 12.8 Å². The van der Waals surface area contributed by atoms with Gasteiger partial charge in [-0.1, -0.05) is 60.3 Å². The number of hydrogen-bond acceptors (Lipinski definition) is 3. The van der Waals surface area contributed by atoms with E-state index < -0.39 is 0 Å². The lowest BCUT2D eigenvalue weighted by Gasteiger charge is -2.41. The van der Waals surface area contributed by atoms with Crippen molar-refractivity contribution in [3.05, 3.63) is 0 Å². The van der Waals surface area contributed by atoms with Gasteiger partial charge in [0.1, 0.15) is 0 Å². The van der Waals surface area contributed by atoms with Crippen molar-refractivity contribution >= 4 is 18.8 Å². The van der Waals surface area contributed by atoms with E-state index in [4.69, 9.17) is 0 Å². The van der Waals surface area contributed by atoms with E-state index in [1.807, 2.05) is 0 Å². The van der Waals surface area contributed by atoms with E-state index in [-0.39, 0.29) is 5.41 Å². The summed E-state index contributed by atoms with van der Waals surface area (Å²) in [6.07, 6.45) is 2.38. The lowest BCUT2D eigenvalue weighted by Crippen LogP contribution is -2.49. The Hall–Kier alpha value is 0.740. The fourth-order valence-electron chi connectivity index (χ4n) is 3.81. The third-order valence-corrected chi connectivity index (χ3v) is 4.69. The number of rotatable bonds is 2. The van der Waals surface area contributed by atoms with Crippen molar-refractivity contribution < 1.29 is 0 Å². The molecule has 0 amide bonds. The van der Waals surface area contributed by atoms with Crippen LogP contribution in [0.1, 0.15) is 54.4 Å². The molecule has 0 aromatic rings. The van der Waals surface area contributed by atoms with Gasteiger partial charge in [-0.15, -0.1) is 0 Å². The molecule has 1 saturated heterocycles. The average molecular weight is 305 g/mol. The van der Waals surface area contributed by atoms with Gasteiger partial charge in [0.15, 0.2) is 0 Å². The number of nitrogens with zero attached hydrogens (tertiary/aromatic N) is 1. The van der Waals surface area contributed by atoms with Crippen molar-refractivity contribution in [2.24, 2.45) is 16.2 Å². The summed E-state index contributed by atoms with van der Waals surface area (Å²) in [4.78, 5) is 0. The Balaban J connectivity index is 3.04. The van der Waals surface area contributed by atoms with Crippen LogP contribution in [0.25, 0.3) is 0 Å². The van der Waals surface area contributed by atoms with E-state index >= 15 is 0 Å². The Bertz CT molecular complexity index is 303. The summed E-state index contributed by atoms with van der Waals surface area (Å²) in [5.74, 6) is 0. The molecule has 1 rings (SSSR count). The molecule has 114 valence electrons. The van der Waals surface area contributed by atoms with Gasteiger partial charge < -0.3 is 0 Å². The first-order chi connectivity index (χ1) is 8.47. The Morgan fingerprint density at radius 1 is 1.00 bits per heavy atom. The number of nitrogens with one attached hydrogen (secondary N) is 2. The maximum absolute atomic E-state index is 3.47. The molecule has 1 aliphatic heterocycles. The molecule has 0 saturated carbocycles. The largest absolute Gasteiger partial charge is 0.286 e. The van der Waals surface area contributed by atoms with Gasteiger partial charge in [-0.3, -0.25) is 10.1 Å². The minimum atomic E-state index is 0.264. The smallest absolute Gasteiger partial charge is 0.0272 e. The normalized spacial score (nSPS) is 31.3. The first-order valence-electron chi connectivity index (χ1n) is 7.18. The highest BCUT2D eigenvalue weighted by molar-refractivity contribution is 7.13. The second-order valence-corrected chi connectivity index (χ2v) is 9.46. The summed E-state index contributed by atoms with van der Waals surface area (Å²) in [5, 5.41) is 3.09. The third-order valence-electron chi connectivity index (χ3n) is 4.15. The molecule has 3 nitrogen and oxygen atoms in total. The van der Waals surface area contributed by atoms with Crippen molar-refractivity contribution in [1.29, 1.82) is 0 Å². The zero-order chi connectivity index (χ0) is 14.9. The van der Waals surface area contributed by atoms with Gasteiger partial charge in [0.2, 0.25) is 0 Å². The molecule has 0 aromatic heterocycles. The first kappa shape index (κ1) is 17.8. The van der Waals surface area contributed by atoms with Crippen molar-refractivity contribution in [3.63, 3.8) is 0 Å². The first-order valence-corrected chi connectivity index (χ1v) is 8.28. The molecular weight excluding hydrogens is 272 g/mol. The Kier molecular flexibility index (Phi) is 5.84. The summed E-state index contributed by atoms with van der Waals surface area (Å²) < 4.78 is 2.42. The lowest BCUT2D eigenvalue weighted by atomic mass is 9.68. The molecule has 3 unspecified atom stereocenters. The molecule has 1 fully saturated rings. The molecule has 0 spiro atoms. The van der Waals surface area contributed by atoms with Crippen LogP contribution >= 0.6 is 18.8 Å². The lowest BCUT2D eigenvalue weighted by molar-refractivity contribution is 0.122. The van der Waals surface area contributed by atoms with Crippen LogP contribution in [-0.2, 0) is 0 Å². The summed E-state index contributed by atoms with van der Waals surface area (Å²) in [7, 11) is 5.49. The maximum Gasteiger partial charge on any atom is 0.0272 e. The second kappa shape index (κ2) is 6.24. The highest BCUT2D eigenvalue weighted by Crippen LogP contribution is 2.43. The van der Waals surface area contributed by atoms with E-state index in [0.29, 0.717) is 16.9 Å². The van der Waals surface area contributed by atoms with Crippen LogP contribution in [0.15, 0.2) is 0 Å². The molecular formula is C14H33N3P2. The van der Waals surface area contributed by atoms with Gasteiger partial charge in [0.05, 0.1) is 0 Å². The summed E-state index contributed by atoms with van der Waals surface area (Å²) in [5.41, 5.74) is 4.36. The van der Waals surface area contributed by atoms with Gasteiger partial charge in [-0.2, -0.15) is 0 Å². The SMILES string of the molecule is CC1(C)CC(NNP)C(C)(C)CC(C)(C)CN(P)C1. The van der Waals surface area contributed by atoms with Crippen LogP contribution in [0, 0.1) is 16.2 Å². The van der Waals surface area contributed by atoms with Crippen LogP contribution < -0.4 is 10.6 Å². The molecule has 19 heavy (non-hydrogen) atoms. The second-order valence-electron chi connectivity index (χ2n) is 8.44. The van der Waals surface area contributed by atoms with E-state index in [1.54, 1.807) is 0 Å². The van der Waals surface area contributed by atoms with E-state index in [9.17, 15) is 0 Å².